The first-order chi connectivity index (χ1) is 12.0. The van der Waals surface area contributed by atoms with E-state index >= 15 is 0 Å². The maximum absolute atomic E-state index is 6.47. The summed E-state index contributed by atoms with van der Waals surface area (Å²) >= 11 is 25.1. The number of fused-ring (bicyclic) bond motifs is 1. The van der Waals surface area contributed by atoms with Gasteiger partial charge in [0, 0.05) is 21.2 Å². The van der Waals surface area contributed by atoms with Crippen LogP contribution < -0.4 is 0 Å². The van der Waals surface area contributed by atoms with Crippen LogP contribution in [0.15, 0.2) is 36.4 Å². The lowest BCUT2D eigenvalue weighted by molar-refractivity contribution is 0.671. The molecule has 4 rings (SSSR count). The van der Waals surface area contributed by atoms with Crippen LogP contribution in [0.1, 0.15) is 24.1 Å². The molecule has 0 saturated carbocycles. The molecule has 0 amide bonds. The molecule has 0 aliphatic heterocycles. The molecule has 128 valence electrons. The highest BCUT2D eigenvalue weighted by molar-refractivity contribution is 6.40. The second kappa shape index (κ2) is 6.85. The Bertz CT molecular complexity index is 922. The summed E-state index contributed by atoms with van der Waals surface area (Å²) in [5.74, 6) is 0. The van der Waals surface area contributed by atoms with Crippen molar-refractivity contribution < 1.29 is 0 Å². The minimum Gasteiger partial charge on any atom is -0.229 e. The standard InChI is InChI=1S/C19H14Cl4N2/c20-12-7-5-11(6-8-12)18-14-3-1-2-4-17(14)24-25(18)19-15(22)9-13(21)10-16(19)23/h5-10H,1-4H2. The minimum atomic E-state index is 0.479. The van der Waals surface area contributed by atoms with Gasteiger partial charge in [-0.2, -0.15) is 5.10 Å². The zero-order chi connectivity index (χ0) is 17.6. The van der Waals surface area contributed by atoms with Crippen molar-refractivity contribution in [2.75, 3.05) is 0 Å². The minimum absolute atomic E-state index is 0.479. The van der Waals surface area contributed by atoms with E-state index in [0.717, 1.165) is 42.6 Å². The number of rotatable bonds is 2. The first-order valence-corrected chi connectivity index (χ1v) is 9.57. The Hall–Kier alpha value is -1.19. The normalized spacial score (nSPS) is 13.8. The van der Waals surface area contributed by atoms with Crippen LogP contribution in [0, 0.1) is 0 Å². The molecule has 0 bridgehead atoms. The third-order valence-electron chi connectivity index (χ3n) is 4.47. The average Bonchev–Trinajstić information content (AvgIpc) is 2.93. The van der Waals surface area contributed by atoms with Gasteiger partial charge in [-0.05, 0) is 49.9 Å². The average molecular weight is 412 g/mol. The number of hydrogen-bond donors (Lipinski definition) is 0. The molecule has 1 heterocycles. The second-order valence-electron chi connectivity index (χ2n) is 6.12. The van der Waals surface area contributed by atoms with E-state index in [-0.39, 0.29) is 0 Å². The van der Waals surface area contributed by atoms with Gasteiger partial charge in [0.1, 0.15) is 5.69 Å². The summed E-state index contributed by atoms with van der Waals surface area (Å²) in [6.45, 7) is 0. The third kappa shape index (κ3) is 3.17. The predicted molar refractivity (Wildman–Crippen MR) is 106 cm³/mol. The Morgan fingerprint density at radius 2 is 1.44 bits per heavy atom. The zero-order valence-corrected chi connectivity index (χ0v) is 16.2. The molecule has 0 spiro atoms. The zero-order valence-electron chi connectivity index (χ0n) is 13.2. The van der Waals surface area contributed by atoms with Gasteiger partial charge in [-0.15, -0.1) is 0 Å². The van der Waals surface area contributed by atoms with E-state index in [4.69, 9.17) is 51.5 Å². The summed E-state index contributed by atoms with van der Waals surface area (Å²) in [6.07, 6.45) is 4.26. The van der Waals surface area contributed by atoms with Crippen LogP contribution in [0.5, 0.6) is 0 Å². The van der Waals surface area contributed by atoms with Crippen LogP contribution in [0.2, 0.25) is 20.1 Å². The Morgan fingerprint density at radius 1 is 0.800 bits per heavy atom. The van der Waals surface area contributed by atoms with Gasteiger partial charge in [0.25, 0.3) is 0 Å². The van der Waals surface area contributed by atoms with E-state index in [1.165, 1.54) is 5.56 Å². The molecule has 0 radical (unpaired) electrons. The number of aromatic nitrogens is 2. The smallest absolute Gasteiger partial charge is 0.103 e. The predicted octanol–water partition coefficient (Wildman–Crippen LogP) is 7.03. The van der Waals surface area contributed by atoms with Crippen LogP contribution in [0.4, 0.5) is 0 Å². The van der Waals surface area contributed by atoms with Gasteiger partial charge in [0.15, 0.2) is 0 Å². The van der Waals surface area contributed by atoms with E-state index in [1.807, 2.05) is 28.9 Å². The fourth-order valence-electron chi connectivity index (χ4n) is 3.36. The number of aryl methyl sites for hydroxylation is 1. The number of halogens is 4. The van der Waals surface area contributed by atoms with Gasteiger partial charge in [0.05, 0.1) is 21.4 Å². The van der Waals surface area contributed by atoms with Gasteiger partial charge in [-0.3, -0.25) is 0 Å². The maximum atomic E-state index is 6.47. The van der Waals surface area contributed by atoms with E-state index in [9.17, 15) is 0 Å². The molecule has 0 N–H and O–H groups in total. The van der Waals surface area contributed by atoms with Crippen molar-refractivity contribution in [2.24, 2.45) is 0 Å². The quantitative estimate of drug-likeness (QED) is 0.442. The lowest BCUT2D eigenvalue weighted by atomic mass is 9.93. The van der Waals surface area contributed by atoms with Crippen molar-refractivity contribution in [3.05, 3.63) is 67.7 Å². The highest BCUT2D eigenvalue weighted by Crippen LogP contribution is 2.39. The Kier molecular flexibility index (Phi) is 4.72. The summed E-state index contributed by atoms with van der Waals surface area (Å²) in [4.78, 5) is 0. The molecule has 25 heavy (non-hydrogen) atoms. The van der Waals surface area contributed by atoms with Crippen LogP contribution in [-0.2, 0) is 12.8 Å². The van der Waals surface area contributed by atoms with Crippen LogP contribution in [-0.4, -0.2) is 9.78 Å². The molecule has 1 aliphatic rings. The molecular weight excluding hydrogens is 398 g/mol. The van der Waals surface area contributed by atoms with Crippen LogP contribution in [0.3, 0.4) is 0 Å². The molecule has 2 aromatic carbocycles. The molecule has 1 aromatic heterocycles. The Morgan fingerprint density at radius 3 is 2.12 bits per heavy atom. The number of benzene rings is 2. The van der Waals surface area contributed by atoms with Gasteiger partial charge >= 0.3 is 0 Å². The molecular formula is C19H14Cl4N2. The van der Waals surface area contributed by atoms with Gasteiger partial charge in [0.2, 0.25) is 0 Å². The fraction of sp³-hybridized carbons (Fsp3) is 0.211. The van der Waals surface area contributed by atoms with Gasteiger partial charge in [-0.25, -0.2) is 4.68 Å². The molecule has 0 saturated heterocycles. The molecule has 0 fully saturated rings. The van der Waals surface area contributed by atoms with Gasteiger partial charge in [-0.1, -0.05) is 58.5 Å². The first-order valence-electron chi connectivity index (χ1n) is 8.06. The highest BCUT2D eigenvalue weighted by atomic mass is 35.5. The fourth-order valence-corrected chi connectivity index (χ4v) is 4.46. The molecule has 0 unspecified atom stereocenters. The second-order valence-corrected chi connectivity index (χ2v) is 7.80. The number of nitrogens with zero attached hydrogens (tertiary/aromatic N) is 2. The van der Waals surface area contributed by atoms with Gasteiger partial charge < -0.3 is 0 Å². The molecule has 1 aliphatic carbocycles. The summed E-state index contributed by atoms with van der Waals surface area (Å²) in [6, 6.07) is 11.2. The first kappa shape index (κ1) is 17.2. The van der Waals surface area contributed by atoms with Crippen molar-refractivity contribution in [1.29, 1.82) is 0 Å². The number of hydrogen-bond acceptors (Lipinski definition) is 1. The van der Waals surface area contributed by atoms with E-state index < -0.39 is 0 Å². The molecule has 3 aromatic rings. The van der Waals surface area contributed by atoms with Crippen LogP contribution in [0.25, 0.3) is 16.9 Å². The molecule has 6 heteroatoms. The Balaban J connectivity index is 2.00. The summed E-state index contributed by atoms with van der Waals surface area (Å²) in [7, 11) is 0. The largest absolute Gasteiger partial charge is 0.229 e. The molecule has 0 atom stereocenters. The lowest BCUT2D eigenvalue weighted by Crippen LogP contribution is -2.02. The van der Waals surface area contributed by atoms with Crippen molar-refractivity contribution in [3.63, 3.8) is 0 Å². The maximum Gasteiger partial charge on any atom is 0.103 e. The van der Waals surface area contributed by atoms with Crippen molar-refractivity contribution in [1.82, 2.24) is 9.78 Å². The molecule has 2 nitrogen and oxygen atoms in total. The lowest BCUT2D eigenvalue weighted by Gasteiger charge is -2.14. The summed E-state index contributed by atoms with van der Waals surface area (Å²) in [5.41, 5.74) is 5.10. The van der Waals surface area contributed by atoms with E-state index in [2.05, 4.69) is 0 Å². The topological polar surface area (TPSA) is 17.8 Å². The van der Waals surface area contributed by atoms with E-state index in [1.54, 1.807) is 12.1 Å². The van der Waals surface area contributed by atoms with E-state index in [0.29, 0.717) is 25.8 Å². The summed E-state index contributed by atoms with van der Waals surface area (Å²) < 4.78 is 1.86. The summed E-state index contributed by atoms with van der Waals surface area (Å²) in [5, 5.41) is 7.00. The highest BCUT2D eigenvalue weighted by Gasteiger charge is 2.24. The van der Waals surface area contributed by atoms with Crippen molar-refractivity contribution in [3.8, 4) is 16.9 Å². The third-order valence-corrected chi connectivity index (χ3v) is 5.51. The van der Waals surface area contributed by atoms with Crippen molar-refractivity contribution in [2.45, 2.75) is 25.7 Å². The van der Waals surface area contributed by atoms with Crippen LogP contribution >= 0.6 is 46.4 Å². The van der Waals surface area contributed by atoms with Crippen molar-refractivity contribution >= 4 is 46.4 Å². The SMILES string of the molecule is Clc1ccc(-c2c3c(nn2-c2c(Cl)cc(Cl)cc2Cl)CCCC3)cc1. The Labute approximate surface area is 166 Å². The monoisotopic (exact) mass is 410 g/mol.